The second-order valence-electron chi connectivity index (χ2n) is 7.07. The van der Waals surface area contributed by atoms with E-state index in [1.165, 1.54) is 0 Å². The third-order valence-electron chi connectivity index (χ3n) is 4.85. The normalized spacial score (nSPS) is 12.7. The fraction of sp³-hybridized carbons (Fsp3) is 0.208. The van der Waals surface area contributed by atoms with E-state index in [1.807, 2.05) is 54.6 Å². The van der Waals surface area contributed by atoms with Crippen LogP contribution in [0.5, 0.6) is 5.88 Å². The largest absolute Gasteiger partial charge is 0.473 e. The summed E-state index contributed by atoms with van der Waals surface area (Å²) in [7, 11) is 0. The van der Waals surface area contributed by atoms with Crippen molar-refractivity contribution in [1.29, 1.82) is 0 Å². The van der Waals surface area contributed by atoms with Crippen molar-refractivity contribution >= 4 is 35.0 Å². The van der Waals surface area contributed by atoms with E-state index in [0.29, 0.717) is 24.7 Å². The molecule has 0 saturated heterocycles. The summed E-state index contributed by atoms with van der Waals surface area (Å²) in [5.74, 6) is 1.09. The molecular formula is C24H23N3O3S. The monoisotopic (exact) mass is 433 g/mol. The van der Waals surface area contributed by atoms with Crippen LogP contribution < -0.4 is 15.0 Å². The van der Waals surface area contributed by atoms with Crippen molar-refractivity contribution in [3.05, 3.63) is 78.5 Å². The predicted molar refractivity (Wildman–Crippen MR) is 122 cm³/mol. The van der Waals surface area contributed by atoms with Gasteiger partial charge in [-0.05, 0) is 23.8 Å². The first-order chi connectivity index (χ1) is 15.2. The van der Waals surface area contributed by atoms with Crippen LogP contribution in [0.25, 0.3) is 0 Å². The first-order valence-electron chi connectivity index (χ1n) is 10.1. The highest BCUT2D eigenvalue weighted by molar-refractivity contribution is 7.99. The molecule has 1 aromatic heterocycles. The van der Waals surface area contributed by atoms with E-state index >= 15 is 0 Å². The summed E-state index contributed by atoms with van der Waals surface area (Å²) in [6.45, 7) is 1.09. The lowest BCUT2D eigenvalue weighted by Gasteiger charge is -2.29. The van der Waals surface area contributed by atoms with Crippen molar-refractivity contribution in [2.45, 2.75) is 24.3 Å². The van der Waals surface area contributed by atoms with Crippen LogP contribution in [-0.4, -0.2) is 29.1 Å². The Morgan fingerprint density at radius 2 is 1.81 bits per heavy atom. The fourth-order valence-electron chi connectivity index (χ4n) is 3.28. The second kappa shape index (κ2) is 10.1. The van der Waals surface area contributed by atoms with Crippen LogP contribution in [0.1, 0.15) is 18.4 Å². The molecule has 2 aromatic carbocycles. The summed E-state index contributed by atoms with van der Waals surface area (Å²) in [6, 6.07) is 21.2. The Kier molecular flexibility index (Phi) is 6.84. The quantitative estimate of drug-likeness (QED) is 0.593. The molecule has 3 aromatic rings. The molecule has 1 aliphatic rings. The molecule has 2 heterocycles. The molecule has 158 valence electrons. The summed E-state index contributed by atoms with van der Waals surface area (Å²) in [5.41, 5.74) is 2.56. The van der Waals surface area contributed by atoms with Gasteiger partial charge in [0, 0.05) is 36.1 Å². The molecule has 0 aliphatic carbocycles. The lowest BCUT2D eigenvalue weighted by molar-refractivity contribution is -0.122. The van der Waals surface area contributed by atoms with Crippen molar-refractivity contribution in [3.8, 4) is 5.88 Å². The van der Waals surface area contributed by atoms with Crippen molar-refractivity contribution in [2.24, 2.45) is 0 Å². The highest BCUT2D eigenvalue weighted by Gasteiger charge is 2.22. The number of ether oxygens (including phenoxy) is 1. The Bertz CT molecular complexity index is 1040. The first-order valence-corrected chi connectivity index (χ1v) is 11.1. The van der Waals surface area contributed by atoms with Gasteiger partial charge in [0.05, 0.1) is 17.6 Å². The Morgan fingerprint density at radius 1 is 1.00 bits per heavy atom. The maximum atomic E-state index is 12.7. The second-order valence-corrected chi connectivity index (χ2v) is 8.21. The molecule has 1 N–H and O–H groups in total. The fourth-order valence-corrected chi connectivity index (χ4v) is 4.27. The summed E-state index contributed by atoms with van der Waals surface area (Å²) < 4.78 is 5.65. The van der Waals surface area contributed by atoms with Crippen molar-refractivity contribution in [2.75, 3.05) is 22.5 Å². The zero-order valence-corrected chi connectivity index (χ0v) is 17.8. The summed E-state index contributed by atoms with van der Waals surface area (Å²) >= 11 is 1.75. The van der Waals surface area contributed by atoms with E-state index in [1.54, 1.807) is 35.0 Å². The van der Waals surface area contributed by atoms with Crippen LogP contribution in [0.2, 0.25) is 0 Å². The summed E-state index contributed by atoms with van der Waals surface area (Å²) in [6.07, 6.45) is 1.84. The Morgan fingerprint density at radius 3 is 2.61 bits per heavy atom. The average molecular weight is 434 g/mol. The maximum Gasteiger partial charge on any atom is 0.227 e. The van der Waals surface area contributed by atoms with Gasteiger partial charge in [0.1, 0.15) is 6.61 Å². The number of anilines is 2. The number of nitrogens with zero attached hydrogens (tertiary/aromatic N) is 2. The molecule has 0 unspecified atom stereocenters. The van der Waals surface area contributed by atoms with Crippen molar-refractivity contribution in [1.82, 2.24) is 4.98 Å². The molecule has 4 rings (SSSR count). The van der Waals surface area contributed by atoms with Gasteiger partial charge < -0.3 is 15.0 Å². The van der Waals surface area contributed by atoms with Gasteiger partial charge in [0.25, 0.3) is 0 Å². The number of hydrogen-bond acceptors (Lipinski definition) is 5. The number of carbonyl (C=O) groups is 2. The van der Waals surface area contributed by atoms with Gasteiger partial charge >= 0.3 is 0 Å². The molecule has 2 amide bonds. The van der Waals surface area contributed by atoms with Crippen LogP contribution in [0.15, 0.2) is 77.8 Å². The number of hydrogen-bond donors (Lipinski definition) is 1. The van der Waals surface area contributed by atoms with E-state index < -0.39 is 0 Å². The lowest BCUT2D eigenvalue weighted by Crippen LogP contribution is -2.35. The van der Waals surface area contributed by atoms with Gasteiger partial charge in [-0.1, -0.05) is 42.5 Å². The van der Waals surface area contributed by atoms with Gasteiger partial charge in [0.2, 0.25) is 17.7 Å². The van der Waals surface area contributed by atoms with Crippen molar-refractivity contribution < 1.29 is 14.3 Å². The lowest BCUT2D eigenvalue weighted by atomic mass is 10.2. The molecule has 1 aliphatic heterocycles. The minimum atomic E-state index is -0.215. The number of rotatable bonds is 7. The number of para-hydroxylation sites is 1. The summed E-state index contributed by atoms with van der Waals surface area (Å²) in [5, 5.41) is 2.79. The number of thioether (sulfide) groups is 1. The van der Waals surface area contributed by atoms with Gasteiger partial charge in [-0.15, -0.1) is 11.8 Å². The van der Waals surface area contributed by atoms with E-state index in [4.69, 9.17) is 4.74 Å². The minimum absolute atomic E-state index is 0.0364. The van der Waals surface area contributed by atoms with Gasteiger partial charge in [-0.3, -0.25) is 9.59 Å². The molecule has 0 spiro atoms. The number of pyridine rings is 1. The van der Waals surface area contributed by atoms with E-state index in [9.17, 15) is 9.59 Å². The Balaban J connectivity index is 1.25. The maximum absolute atomic E-state index is 12.7. The van der Waals surface area contributed by atoms with E-state index in [2.05, 4.69) is 10.3 Å². The van der Waals surface area contributed by atoms with E-state index in [-0.39, 0.29) is 24.7 Å². The molecule has 6 nitrogen and oxygen atoms in total. The minimum Gasteiger partial charge on any atom is -0.473 e. The molecule has 0 atom stereocenters. The molecule has 0 radical (unpaired) electrons. The number of benzene rings is 2. The molecule has 31 heavy (non-hydrogen) atoms. The summed E-state index contributed by atoms with van der Waals surface area (Å²) in [4.78, 5) is 32.1. The number of amides is 2. The highest BCUT2D eigenvalue weighted by Crippen LogP contribution is 2.34. The molecule has 0 bridgehead atoms. The third-order valence-corrected chi connectivity index (χ3v) is 5.89. The average Bonchev–Trinajstić information content (AvgIpc) is 2.82. The van der Waals surface area contributed by atoms with Crippen LogP contribution in [-0.2, 0) is 16.2 Å². The number of aromatic nitrogens is 1. The third kappa shape index (κ3) is 5.64. The van der Waals surface area contributed by atoms with Crippen LogP contribution in [0.4, 0.5) is 11.4 Å². The van der Waals surface area contributed by atoms with Crippen molar-refractivity contribution in [3.63, 3.8) is 0 Å². The van der Waals surface area contributed by atoms with E-state index in [0.717, 1.165) is 21.9 Å². The number of carbonyl (C=O) groups excluding carboxylic acids is 2. The molecule has 0 saturated carbocycles. The Labute approximate surface area is 185 Å². The van der Waals surface area contributed by atoms with Crippen LogP contribution >= 0.6 is 11.8 Å². The topological polar surface area (TPSA) is 71.5 Å². The van der Waals surface area contributed by atoms with Gasteiger partial charge in [0.15, 0.2) is 0 Å². The zero-order chi connectivity index (χ0) is 21.5. The zero-order valence-electron chi connectivity index (χ0n) is 17.0. The number of fused-ring (bicyclic) bond motifs is 1. The van der Waals surface area contributed by atoms with Crippen LogP contribution in [0, 0.1) is 0 Å². The highest BCUT2D eigenvalue weighted by atomic mass is 32.2. The first kappa shape index (κ1) is 20.9. The SMILES string of the molecule is O=C(CCC(=O)N1CCSc2ccccc21)Nc1ccc(OCc2ccccc2)nc1. The predicted octanol–water partition coefficient (Wildman–Crippen LogP) is 4.52. The standard InChI is InChI=1S/C24H23N3O3S/c28-22(11-13-24(29)27-14-15-31-21-9-5-4-8-20(21)27)26-19-10-12-23(25-16-19)30-17-18-6-2-1-3-7-18/h1-10,12,16H,11,13-15,17H2,(H,26,28). The van der Waals surface area contributed by atoms with Gasteiger partial charge in [-0.2, -0.15) is 0 Å². The molecule has 0 fully saturated rings. The van der Waals surface area contributed by atoms with Gasteiger partial charge in [-0.25, -0.2) is 4.98 Å². The number of nitrogens with one attached hydrogen (secondary N) is 1. The smallest absolute Gasteiger partial charge is 0.227 e. The van der Waals surface area contributed by atoms with Crippen LogP contribution in [0.3, 0.4) is 0 Å². The Hall–Kier alpha value is -3.32. The molecule has 7 heteroatoms. The molecular weight excluding hydrogens is 410 g/mol.